The minimum Gasteiger partial charge on any atom is -0.362 e. The van der Waals surface area contributed by atoms with Gasteiger partial charge in [0, 0.05) is 59.5 Å². The first kappa shape index (κ1) is 31.3. The Balaban J connectivity index is 7.25. The second-order valence-corrected chi connectivity index (χ2v) is 14.2. The van der Waals surface area contributed by atoms with Gasteiger partial charge in [-0.1, -0.05) is 0 Å². The molecule has 0 aliphatic carbocycles. The van der Waals surface area contributed by atoms with Crippen LogP contribution in [0.15, 0.2) is 0 Å². The quantitative estimate of drug-likeness (QED) is 0.218. The first-order valence-corrected chi connectivity index (χ1v) is 16.5. The van der Waals surface area contributed by atoms with Gasteiger partial charge in [-0.25, -0.2) is 0 Å². The van der Waals surface area contributed by atoms with Crippen molar-refractivity contribution in [3.05, 3.63) is 0 Å². The summed E-state index contributed by atoms with van der Waals surface area (Å²) >= 11 is 0. The molecular formula is C18H45NO9Si3. The van der Waals surface area contributed by atoms with Crippen LogP contribution in [0.4, 0.5) is 0 Å². The van der Waals surface area contributed by atoms with Crippen LogP contribution in [0.25, 0.3) is 0 Å². The van der Waals surface area contributed by atoms with Gasteiger partial charge in [-0.15, -0.1) is 0 Å². The zero-order valence-electron chi connectivity index (χ0n) is 21.0. The third-order valence-corrected chi connectivity index (χ3v) is 16.2. The third-order valence-electron chi connectivity index (χ3n) is 3.76. The largest absolute Gasteiger partial charge is 0.596 e. The molecule has 0 spiro atoms. The lowest BCUT2D eigenvalue weighted by Gasteiger charge is -2.49. The Morgan fingerprint density at radius 3 is 0.548 bits per heavy atom. The first-order chi connectivity index (χ1) is 14.9. The van der Waals surface area contributed by atoms with E-state index < -0.39 is 26.9 Å². The van der Waals surface area contributed by atoms with E-state index in [1.54, 1.807) is 3.90 Å². The van der Waals surface area contributed by atoms with E-state index in [-0.39, 0.29) is 0 Å². The summed E-state index contributed by atoms with van der Waals surface area (Å²) in [7, 11) is -11.1. The van der Waals surface area contributed by atoms with E-state index in [4.69, 9.17) is 39.8 Å². The molecule has 10 nitrogen and oxygen atoms in total. The molecule has 0 rings (SSSR count). The number of rotatable bonds is 21. The summed E-state index contributed by atoms with van der Waals surface area (Å²) in [5.74, 6) is 0. The van der Waals surface area contributed by atoms with E-state index in [2.05, 4.69) is 0 Å². The summed E-state index contributed by atoms with van der Waals surface area (Å²) in [5.41, 5.74) is 0. The number of hydrogen-bond donors (Lipinski definition) is 0. The Bertz CT molecular complexity index is 339. The Hall–Kier alpha value is 0.251. The molecular weight excluding hydrogens is 458 g/mol. The summed E-state index contributed by atoms with van der Waals surface area (Å²) in [6.07, 6.45) is 0. The van der Waals surface area contributed by atoms with Gasteiger partial charge in [0.25, 0.3) is 0 Å². The highest BCUT2D eigenvalue weighted by Gasteiger charge is 2.76. The zero-order valence-corrected chi connectivity index (χ0v) is 24.0. The average Bonchev–Trinajstić information content (AvgIpc) is 2.70. The SMILES string of the molecule is CCO[Si](OCC)(OCC)N([Si](OCC)(OCC)OCC)[Si](OCC)(OCC)OCC. The van der Waals surface area contributed by atoms with Crippen LogP contribution in [-0.4, -0.2) is 90.3 Å². The number of hydrogen-bond acceptors (Lipinski definition) is 10. The second-order valence-electron chi connectivity index (χ2n) is 5.80. The van der Waals surface area contributed by atoms with Gasteiger partial charge >= 0.3 is 26.9 Å². The van der Waals surface area contributed by atoms with Crippen LogP contribution in [0.2, 0.25) is 0 Å². The summed E-state index contributed by atoms with van der Waals surface area (Å²) in [6.45, 7) is 20.0. The Morgan fingerprint density at radius 2 is 0.452 bits per heavy atom. The van der Waals surface area contributed by atoms with Crippen molar-refractivity contribution in [1.29, 1.82) is 0 Å². The standard InChI is InChI=1S/C18H45NO9Si3/c1-10-20-29(21-11-2,22-12-3)19(30(23-13-4,24-14-5)25-15-6)31(26-16-7,27-17-8)28-18-9/h10-18H2,1-9H3. The van der Waals surface area contributed by atoms with Crippen molar-refractivity contribution in [3.63, 3.8) is 0 Å². The summed E-state index contributed by atoms with van der Waals surface area (Å²) in [5, 5.41) is 0. The fraction of sp³-hybridized carbons (Fsp3) is 1.00. The van der Waals surface area contributed by atoms with Gasteiger partial charge in [0.05, 0.1) is 0 Å². The fourth-order valence-corrected chi connectivity index (χ4v) is 15.8. The molecule has 13 heteroatoms. The first-order valence-electron chi connectivity index (χ1n) is 11.5. The molecule has 0 N–H and O–H groups in total. The summed E-state index contributed by atoms with van der Waals surface area (Å²) in [6, 6.07) is 0. The van der Waals surface area contributed by atoms with Gasteiger partial charge in [-0.05, 0) is 62.3 Å². The molecule has 0 aromatic carbocycles. The molecule has 0 aromatic heterocycles. The zero-order chi connectivity index (χ0) is 23.8. The van der Waals surface area contributed by atoms with Crippen LogP contribution in [0.3, 0.4) is 0 Å². The molecule has 0 bridgehead atoms. The highest BCUT2D eigenvalue weighted by molar-refractivity contribution is 6.89. The second kappa shape index (κ2) is 16.8. The molecule has 0 amide bonds. The van der Waals surface area contributed by atoms with Crippen molar-refractivity contribution in [1.82, 2.24) is 3.90 Å². The van der Waals surface area contributed by atoms with E-state index in [1.165, 1.54) is 0 Å². The number of nitrogens with zero attached hydrogens (tertiary/aromatic N) is 1. The van der Waals surface area contributed by atoms with E-state index >= 15 is 0 Å². The molecule has 188 valence electrons. The third kappa shape index (κ3) is 8.20. The lowest BCUT2D eigenvalue weighted by atomic mass is 10.9. The Labute approximate surface area is 192 Å². The molecule has 0 fully saturated rings. The fourth-order valence-electron chi connectivity index (χ4n) is 3.10. The van der Waals surface area contributed by atoms with E-state index in [9.17, 15) is 0 Å². The topological polar surface area (TPSA) is 86.3 Å². The van der Waals surface area contributed by atoms with Crippen LogP contribution < -0.4 is 0 Å². The predicted molar refractivity (Wildman–Crippen MR) is 124 cm³/mol. The Kier molecular flexibility index (Phi) is 16.9. The molecule has 0 aliphatic rings. The van der Waals surface area contributed by atoms with Crippen molar-refractivity contribution in [3.8, 4) is 0 Å². The molecule has 0 heterocycles. The van der Waals surface area contributed by atoms with Gasteiger partial charge in [0.15, 0.2) is 0 Å². The lowest BCUT2D eigenvalue weighted by Crippen LogP contribution is -2.85. The molecule has 0 radical (unpaired) electrons. The van der Waals surface area contributed by atoms with Crippen molar-refractivity contribution in [2.24, 2.45) is 0 Å². The molecule has 0 atom stereocenters. The van der Waals surface area contributed by atoms with Crippen LogP contribution in [0.5, 0.6) is 0 Å². The molecule has 0 saturated carbocycles. The molecule has 0 unspecified atom stereocenters. The maximum atomic E-state index is 6.27. The van der Waals surface area contributed by atoms with Crippen molar-refractivity contribution in [2.45, 2.75) is 62.3 Å². The summed E-state index contributed by atoms with van der Waals surface area (Å²) in [4.78, 5) is 0. The van der Waals surface area contributed by atoms with Gasteiger partial charge in [-0.3, -0.25) is 0 Å². The van der Waals surface area contributed by atoms with Gasteiger partial charge in [0.1, 0.15) is 0 Å². The van der Waals surface area contributed by atoms with E-state index in [0.29, 0.717) is 59.5 Å². The van der Waals surface area contributed by atoms with Crippen molar-refractivity contribution in [2.75, 3.05) is 59.5 Å². The molecule has 0 aliphatic heterocycles. The Morgan fingerprint density at radius 1 is 0.323 bits per heavy atom. The smallest absolute Gasteiger partial charge is 0.362 e. The molecule has 0 saturated heterocycles. The van der Waals surface area contributed by atoms with Crippen LogP contribution in [-0.2, 0) is 39.8 Å². The van der Waals surface area contributed by atoms with Crippen LogP contribution >= 0.6 is 0 Å². The van der Waals surface area contributed by atoms with Gasteiger partial charge in [-0.2, -0.15) is 3.90 Å². The molecule has 31 heavy (non-hydrogen) atoms. The van der Waals surface area contributed by atoms with E-state index in [1.807, 2.05) is 62.3 Å². The van der Waals surface area contributed by atoms with E-state index in [0.717, 1.165) is 0 Å². The highest BCUT2D eigenvalue weighted by Crippen LogP contribution is 2.34. The normalized spacial score (nSPS) is 13.4. The maximum absolute atomic E-state index is 6.27. The average molecular weight is 504 g/mol. The van der Waals surface area contributed by atoms with Gasteiger partial charge < -0.3 is 39.8 Å². The van der Waals surface area contributed by atoms with Gasteiger partial charge in [0.2, 0.25) is 0 Å². The predicted octanol–water partition coefficient (Wildman–Crippen LogP) is 2.92. The maximum Gasteiger partial charge on any atom is 0.596 e. The van der Waals surface area contributed by atoms with Crippen LogP contribution in [0.1, 0.15) is 62.3 Å². The van der Waals surface area contributed by atoms with Crippen LogP contribution in [0, 0.1) is 0 Å². The van der Waals surface area contributed by atoms with Crippen molar-refractivity contribution >= 4 is 26.9 Å². The summed E-state index contributed by atoms with van der Waals surface area (Å²) < 4.78 is 58.2. The minimum absolute atomic E-state index is 0.340. The highest BCUT2D eigenvalue weighted by atomic mass is 28.5. The molecule has 0 aromatic rings. The minimum atomic E-state index is -3.71. The monoisotopic (exact) mass is 503 g/mol. The van der Waals surface area contributed by atoms with Crippen molar-refractivity contribution < 1.29 is 39.8 Å². The lowest BCUT2D eigenvalue weighted by molar-refractivity contribution is -0.0409.